The molecule has 5 aromatic rings. The molecule has 4 aromatic carbocycles. The normalized spacial score (nSPS) is 16.5. The molecule has 1 aromatic heterocycles. The lowest BCUT2D eigenvalue weighted by Gasteiger charge is -2.39. The van der Waals surface area contributed by atoms with Crippen LogP contribution in [0.1, 0.15) is 82.1 Å². The van der Waals surface area contributed by atoms with E-state index in [1.165, 1.54) is 11.0 Å². The highest BCUT2D eigenvalue weighted by atomic mass is 28.4. The zero-order chi connectivity index (χ0) is 43.0. The Balaban J connectivity index is 1.06. The summed E-state index contributed by atoms with van der Waals surface area (Å²) in [6.07, 6.45) is 6.40. The number of hydrogen-bond acceptors (Lipinski definition) is 7. The van der Waals surface area contributed by atoms with Gasteiger partial charge < -0.3 is 36.0 Å². The molecule has 6 rings (SSSR count). The molecule has 2 amide bonds. The second-order valence-electron chi connectivity index (χ2n) is 17.3. The van der Waals surface area contributed by atoms with E-state index >= 15 is 0 Å². The molecule has 0 aliphatic heterocycles. The summed E-state index contributed by atoms with van der Waals surface area (Å²) in [5.41, 5.74) is 12.2. The SMILES string of the molecule is CC(C)(C)[Si](C)(C)O[C@@H](CNCc1ccc(NC(=O)CCC=Cc2ccc(-c3ccccc3)c(N(C(=O)O)[C@H]3CC[C@H](N)CC3)c2)cc1)c1ccc(O)c2[nH]c(=O)ccc12. The largest absolute Gasteiger partial charge is 0.506 e. The number of aromatic amines is 1. The van der Waals surface area contributed by atoms with Gasteiger partial charge in [-0.05, 0) is 103 Å². The first-order valence-electron chi connectivity index (χ1n) is 20.9. The van der Waals surface area contributed by atoms with Crippen LogP contribution in [0.5, 0.6) is 5.75 Å². The average Bonchev–Trinajstić information content (AvgIpc) is 3.21. The molecule has 316 valence electrons. The van der Waals surface area contributed by atoms with Crippen molar-refractivity contribution in [3.63, 3.8) is 0 Å². The van der Waals surface area contributed by atoms with Crippen molar-refractivity contribution in [1.29, 1.82) is 0 Å². The Morgan fingerprint density at radius 2 is 1.68 bits per heavy atom. The van der Waals surface area contributed by atoms with Gasteiger partial charge in [-0.25, -0.2) is 4.79 Å². The number of phenolic OH excluding ortho intramolecular Hbond substituents is 1. The molecule has 1 saturated carbocycles. The summed E-state index contributed by atoms with van der Waals surface area (Å²) in [5.74, 6) is -0.0914. The van der Waals surface area contributed by atoms with Crippen LogP contribution in [-0.4, -0.2) is 54.1 Å². The van der Waals surface area contributed by atoms with Crippen LogP contribution in [0.15, 0.2) is 108 Å². The van der Waals surface area contributed by atoms with E-state index in [0.29, 0.717) is 36.4 Å². The topological polar surface area (TPSA) is 170 Å². The van der Waals surface area contributed by atoms with Gasteiger partial charge in [0, 0.05) is 54.3 Å². The molecule has 1 atom stereocenters. The maximum absolute atomic E-state index is 12.9. The standard InChI is InChI=1S/C48H59N5O6Si/c1-48(2,3)60(4,5)59-43(39-25-27-42(54)46-40(39)26-28-45(56)52-46)31-50-30-33-15-20-36(21-16-33)51-44(55)14-10-9-11-32-17-24-38(34-12-7-6-8-13-34)41(29-32)53(47(57)58)37-22-18-35(49)19-23-37/h6-9,11-13,15-17,20-21,24-29,35,37,43,50,54H,10,14,18-19,22-23,30-31,49H2,1-5H3,(H,51,55)(H,52,56)(H,57,58)/t35-,37-,43-/m0/s1. The third kappa shape index (κ3) is 11.0. The third-order valence-electron chi connectivity index (χ3n) is 11.9. The van der Waals surface area contributed by atoms with Crippen LogP contribution >= 0.6 is 0 Å². The molecule has 1 fully saturated rings. The van der Waals surface area contributed by atoms with E-state index in [1.807, 2.05) is 91.0 Å². The lowest BCUT2D eigenvalue weighted by Crippen LogP contribution is -2.44. The Labute approximate surface area is 353 Å². The molecule has 12 heteroatoms. The van der Waals surface area contributed by atoms with Crippen molar-refractivity contribution in [2.45, 2.75) is 102 Å². The lowest BCUT2D eigenvalue weighted by molar-refractivity contribution is -0.116. The third-order valence-corrected chi connectivity index (χ3v) is 16.4. The van der Waals surface area contributed by atoms with Crippen LogP contribution in [0.2, 0.25) is 18.1 Å². The number of phenols is 1. The first kappa shape index (κ1) is 44.0. The minimum absolute atomic E-state index is 0.0139. The van der Waals surface area contributed by atoms with E-state index in [4.69, 9.17) is 10.2 Å². The Kier molecular flexibility index (Phi) is 14.1. The average molecular weight is 830 g/mol. The fourth-order valence-corrected chi connectivity index (χ4v) is 8.80. The summed E-state index contributed by atoms with van der Waals surface area (Å²) in [7, 11) is -2.22. The monoisotopic (exact) mass is 829 g/mol. The molecule has 0 spiro atoms. The van der Waals surface area contributed by atoms with Crippen LogP contribution in [0, 0.1) is 0 Å². The van der Waals surface area contributed by atoms with Gasteiger partial charge in [0.2, 0.25) is 11.5 Å². The highest BCUT2D eigenvalue weighted by Crippen LogP contribution is 2.41. The van der Waals surface area contributed by atoms with Crippen molar-refractivity contribution in [3.8, 4) is 16.9 Å². The quantitative estimate of drug-likeness (QED) is 0.0567. The van der Waals surface area contributed by atoms with E-state index < -0.39 is 14.4 Å². The minimum Gasteiger partial charge on any atom is -0.506 e. The minimum atomic E-state index is -2.22. The molecule has 1 heterocycles. The molecule has 7 N–H and O–H groups in total. The van der Waals surface area contributed by atoms with Gasteiger partial charge in [0.05, 0.1) is 17.3 Å². The second-order valence-corrected chi connectivity index (χ2v) is 22.1. The number of nitrogens with two attached hydrogens (primary N) is 1. The van der Waals surface area contributed by atoms with Crippen molar-refractivity contribution in [3.05, 3.63) is 130 Å². The maximum atomic E-state index is 12.9. The van der Waals surface area contributed by atoms with Crippen LogP contribution in [0.3, 0.4) is 0 Å². The van der Waals surface area contributed by atoms with Gasteiger partial charge in [0.1, 0.15) is 5.75 Å². The number of carbonyl (C=O) groups is 2. The number of rotatable bonds is 15. The number of fused-ring (bicyclic) bond motifs is 1. The predicted molar refractivity (Wildman–Crippen MR) is 245 cm³/mol. The van der Waals surface area contributed by atoms with Crippen molar-refractivity contribution < 1.29 is 24.2 Å². The molecule has 11 nitrogen and oxygen atoms in total. The van der Waals surface area contributed by atoms with E-state index in [2.05, 4.69) is 49.5 Å². The van der Waals surface area contributed by atoms with Crippen LogP contribution < -0.4 is 26.8 Å². The van der Waals surface area contributed by atoms with Gasteiger partial charge in [-0.1, -0.05) is 93.6 Å². The van der Waals surface area contributed by atoms with E-state index in [1.54, 1.807) is 12.1 Å². The summed E-state index contributed by atoms with van der Waals surface area (Å²) in [5, 5.41) is 28.2. The number of H-pyrrole nitrogens is 1. The maximum Gasteiger partial charge on any atom is 0.412 e. The molecule has 0 bridgehead atoms. The van der Waals surface area contributed by atoms with Crippen molar-refractivity contribution in [1.82, 2.24) is 10.3 Å². The number of pyridine rings is 1. The molecule has 1 aliphatic carbocycles. The first-order chi connectivity index (χ1) is 28.6. The van der Waals surface area contributed by atoms with Crippen LogP contribution in [0.25, 0.3) is 28.1 Å². The molecule has 0 radical (unpaired) electrons. The summed E-state index contributed by atoms with van der Waals surface area (Å²) in [4.78, 5) is 42.0. The molecule has 0 saturated heterocycles. The van der Waals surface area contributed by atoms with Crippen LogP contribution in [0.4, 0.5) is 16.2 Å². The van der Waals surface area contributed by atoms with Gasteiger partial charge in [-0.2, -0.15) is 0 Å². The number of aromatic nitrogens is 1. The zero-order valence-corrected chi connectivity index (χ0v) is 36.3. The number of nitrogens with zero attached hydrogens (tertiary/aromatic N) is 1. The second kappa shape index (κ2) is 19.2. The van der Waals surface area contributed by atoms with Gasteiger partial charge in [0.25, 0.3) is 0 Å². The van der Waals surface area contributed by atoms with Crippen molar-refractivity contribution >= 4 is 48.7 Å². The number of benzene rings is 4. The smallest absolute Gasteiger partial charge is 0.412 e. The van der Waals surface area contributed by atoms with E-state index in [9.17, 15) is 24.6 Å². The summed E-state index contributed by atoms with van der Waals surface area (Å²) in [6.45, 7) is 12.1. The highest BCUT2D eigenvalue weighted by Gasteiger charge is 2.40. The number of amides is 2. The van der Waals surface area contributed by atoms with Gasteiger partial charge >= 0.3 is 6.09 Å². The number of allylic oxidation sites excluding steroid dienone is 1. The summed E-state index contributed by atoms with van der Waals surface area (Å²) >= 11 is 0. The predicted octanol–water partition coefficient (Wildman–Crippen LogP) is 9.94. The Hall–Kier alpha value is -5.53. The number of carboxylic acid groups (broad SMARTS) is 1. The Morgan fingerprint density at radius 3 is 2.37 bits per heavy atom. The van der Waals surface area contributed by atoms with Crippen molar-refractivity contribution in [2.75, 3.05) is 16.8 Å². The fraction of sp³-hybridized carbons (Fsp3) is 0.354. The fourth-order valence-electron chi connectivity index (χ4n) is 7.53. The molecule has 1 aliphatic rings. The van der Waals surface area contributed by atoms with E-state index in [-0.39, 0.29) is 46.9 Å². The molecule has 0 unspecified atom stereocenters. The van der Waals surface area contributed by atoms with Gasteiger partial charge in [-0.15, -0.1) is 0 Å². The summed E-state index contributed by atoms with van der Waals surface area (Å²) in [6, 6.07) is 30.1. The lowest BCUT2D eigenvalue weighted by atomic mass is 9.89. The number of aromatic hydroxyl groups is 1. The molecular weight excluding hydrogens is 771 g/mol. The number of nitrogens with one attached hydrogen (secondary N) is 3. The zero-order valence-electron chi connectivity index (χ0n) is 35.3. The van der Waals surface area contributed by atoms with E-state index in [0.717, 1.165) is 58.9 Å². The molecular formula is C48H59N5O6Si. The highest BCUT2D eigenvalue weighted by molar-refractivity contribution is 6.74. The van der Waals surface area contributed by atoms with Gasteiger partial charge in [0.15, 0.2) is 8.32 Å². The first-order valence-corrected chi connectivity index (χ1v) is 23.8. The Morgan fingerprint density at radius 1 is 0.967 bits per heavy atom. The Bertz CT molecular complexity index is 2350. The van der Waals surface area contributed by atoms with Crippen molar-refractivity contribution in [2.24, 2.45) is 5.73 Å². The number of anilines is 2. The number of carbonyl (C=O) groups excluding carboxylic acids is 1. The van der Waals surface area contributed by atoms with Gasteiger partial charge in [-0.3, -0.25) is 14.5 Å². The summed E-state index contributed by atoms with van der Waals surface area (Å²) < 4.78 is 6.93. The number of hydrogen-bond donors (Lipinski definition) is 6. The molecule has 60 heavy (non-hydrogen) atoms. The van der Waals surface area contributed by atoms with Crippen LogP contribution in [-0.2, 0) is 15.8 Å².